The number of fused-ring (bicyclic) bond motifs is 2. The van der Waals surface area contributed by atoms with Crippen molar-refractivity contribution in [2.45, 2.75) is 24.9 Å². The summed E-state index contributed by atoms with van der Waals surface area (Å²) in [7, 11) is 7.96. The number of hydrogen-bond donors (Lipinski definition) is 1. The summed E-state index contributed by atoms with van der Waals surface area (Å²) in [4.78, 5) is 26.5. The molecule has 2 aliphatic heterocycles. The summed E-state index contributed by atoms with van der Waals surface area (Å²) in [5, 5.41) is 23.3. The van der Waals surface area contributed by atoms with Gasteiger partial charge in [-0.25, -0.2) is 20.0 Å². The summed E-state index contributed by atoms with van der Waals surface area (Å²) < 4.78 is 2.27. The Bertz CT molecular complexity index is 1750. The van der Waals surface area contributed by atoms with Gasteiger partial charge in [0.25, 0.3) is 0 Å². The highest BCUT2D eigenvalue weighted by atomic mass is 32.1. The van der Waals surface area contributed by atoms with Gasteiger partial charge in [-0.3, -0.25) is 9.80 Å². The number of likely N-dealkylation sites (N-methyl/N-ethyl adjacent to an activating group) is 1. The minimum absolute atomic E-state index is 0.0366. The van der Waals surface area contributed by atoms with Gasteiger partial charge < -0.3 is 15.1 Å². The molecule has 0 radical (unpaired) electrons. The Morgan fingerprint density at radius 1 is 0.778 bits per heavy atom. The molecular weight excluding hydrogens is 603 g/mol. The van der Waals surface area contributed by atoms with Gasteiger partial charge in [0.1, 0.15) is 0 Å². The van der Waals surface area contributed by atoms with E-state index in [1.165, 1.54) is 0 Å². The van der Waals surface area contributed by atoms with Crippen molar-refractivity contribution in [3.05, 3.63) is 73.1 Å². The summed E-state index contributed by atoms with van der Waals surface area (Å²) in [6.45, 7) is 1.68. The van der Waals surface area contributed by atoms with Crippen molar-refractivity contribution in [2.75, 3.05) is 51.1 Å². The van der Waals surface area contributed by atoms with E-state index < -0.39 is 0 Å². The minimum Gasteiger partial charge on any atom is -0.354 e. The van der Waals surface area contributed by atoms with Crippen LogP contribution in [0, 0.1) is 22.7 Å². The fourth-order valence-electron chi connectivity index (χ4n) is 4.77. The van der Waals surface area contributed by atoms with Crippen molar-refractivity contribution in [2.24, 2.45) is 9.98 Å². The van der Waals surface area contributed by atoms with Crippen molar-refractivity contribution >= 4 is 65.3 Å². The molecule has 2 unspecified atom stereocenters. The second-order valence-electron chi connectivity index (χ2n) is 10.7. The number of benzene rings is 2. The molecule has 0 saturated heterocycles. The van der Waals surface area contributed by atoms with Crippen LogP contribution in [0.4, 0.5) is 10.3 Å². The first-order chi connectivity index (χ1) is 21.9. The SMILES string of the molecule is CN(C)C1=NC=CC(CC#N)N1c1nc2ccccc2s1.CN(C)CCNC1=NC=CC(CC#N)N1c1nc2ccccc2s1. The van der Waals surface area contributed by atoms with E-state index >= 15 is 0 Å². The molecule has 0 aliphatic carbocycles. The highest BCUT2D eigenvalue weighted by molar-refractivity contribution is 7.22. The molecule has 6 rings (SSSR count). The van der Waals surface area contributed by atoms with E-state index in [0.29, 0.717) is 12.8 Å². The van der Waals surface area contributed by atoms with Gasteiger partial charge in [0.2, 0.25) is 11.9 Å². The molecule has 0 saturated carbocycles. The van der Waals surface area contributed by atoms with Crippen LogP contribution >= 0.6 is 22.7 Å². The van der Waals surface area contributed by atoms with Gasteiger partial charge in [-0.1, -0.05) is 46.9 Å². The van der Waals surface area contributed by atoms with Crippen LogP contribution in [0.25, 0.3) is 20.4 Å². The molecule has 11 nitrogen and oxygen atoms in total. The monoisotopic (exact) mass is 637 g/mol. The minimum atomic E-state index is -0.0603. The van der Waals surface area contributed by atoms with Gasteiger partial charge in [0, 0.05) is 39.6 Å². The van der Waals surface area contributed by atoms with Crippen LogP contribution in [0.1, 0.15) is 12.8 Å². The molecule has 2 aliphatic rings. The summed E-state index contributed by atoms with van der Waals surface area (Å²) in [6.07, 6.45) is 8.22. The van der Waals surface area contributed by atoms with Gasteiger partial charge in [-0.15, -0.1) is 0 Å². The molecule has 2 aromatic carbocycles. The molecule has 4 aromatic rings. The second-order valence-corrected chi connectivity index (χ2v) is 12.7. The molecule has 0 spiro atoms. The fraction of sp³-hybridized carbons (Fsp3) is 0.312. The van der Waals surface area contributed by atoms with Gasteiger partial charge in [-0.05, 0) is 50.5 Å². The van der Waals surface area contributed by atoms with Crippen LogP contribution in [0.2, 0.25) is 0 Å². The first-order valence-electron chi connectivity index (χ1n) is 14.5. The maximum atomic E-state index is 9.16. The molecule has 13 heteroatoms. The van der Waals surface area contributed by atoms with Crippen LogP contribution in [0.3, 0.4) is 0 Å². The van der Waals surface area contributed by atoms with E-state index in [-0.39, 0.29) is 12.1 Å². The summed E-state index contributed by atoms with van der Waals surface area (Å²) in [5.41, 5.74) is 1.94. The first kappa shape index (κ1) is 31.6. The zero-order chi connectivity index (χ0) is 31.8. The quantitative estimate of drug-likeness (QED) is 0.289. The smallest absolute Gasteiger partial charge is 0.207 e. The molecule has 4 heterocycles. The van der Waals surface area contributed by atoms with Crippen LogP contribution in [-0.4, -0.2) is 85.1 Å². The Hall–Kier alpha value is -4.82. The first-order valence-corrected chi connectivity index (χ1v) is 16.1. The number of aromatic nitrogens is 2. The largest absolute Gasteiger partial charge is 0.354 e. The Labute approximate surface area is 271 Å². The lowest BCUT2D eigenvalue weighted by Gasteiger charge is -2.34. The molecule has 1 N–H and O–H groups in total. The normalized spacial score (nSPS) is 17.4. The third-order valence-electron chi connectivity index (χ3n) is 6.93. The standard InChI is InChI=1S/C17H20N6S.C15H15N5S/c1-22(2)12-11-20-16-19-10-8-13(7-9-18)23(16)17-21-14-5-3-4-6-15(14)24-17;1-19(2)14-17-10-8-11(7-9-16)20(14)15-18-12-5-3-4-6-13(12)21-15/h3-6,8,10,13H,7,11-12H2,1-2H3,(H,19,20);3-6,8,10-11H,7H2,1-2H3. The third kappa shape index (κ3) is 7.46. The van der Waals surface area contributed by atoms with E-state index in [0.717, 1.165) is 55.7 Å². The molecule has 45 heavy (non-hydrogen) atoms. The lowest BCUT2D eigenvalue weighted by Crippen LogP contribution is -2.49. The second kappa shape index (κ2) is 14.8. The van der Waals surface area contributed by atoms with E-state index in [1.54, 1.807) is 35.1 Å². The van der Waals surface area contributed by atoms with Crippen LogP contribution in [0.15, 0.2) is 83.1 Å². The Morgan fingerprint density at radius 3 is 1.84 bits per heavy atom. The number of guanidine groups is 2. The van der Waals surface area contributed by atoms with Crippen molar-refractivity contribution in [3.8, 4) is 12.1 Å². The maximum Gasteiger partial charge on any atom is 0.207 e. The third-order valence-corrected chi connectivity index (χ3v) is 9.00. The van der Waals surface area contributed by atoms with Crippen molar-refractivity contribution in [1.82, 2.24) is 25.1 Å². The number of nitrogens with one attached hydrogen (secondary N) is 1. The molecule has 2 atom stereocenters. The van der Waals surface area contributed by atoms with Gasteiger partial charge in [0.05, 0.1) is 57.5 Å². The van der Waals surface area contributed by atoms with E-state index in [1.807, 2.05) is 91.4 Å². The van der Waals surface area contributed by atoms with Crippen LogP contribution < -0.4 is 15.1 Å². The Morgan fingerprint density at radius 2 is 1.31 bits per heavy atom. The number of rotatable bonds is 7. The van der Waals surface area contributed by atoms with E-state index in [2.05, 4.69) is 44.5 Å². The van der Waals surface area contributed by atoms with E-state index in [4.69, 9.17) is 20.5 Å². The number of anilines is 2. The van der Waals surface area contributed by atoms with Crippen LogP contribution in [-0.2, 0) is 0 Å². The highest BCUT2D eigenvalue weighted by Crippen LogP contribution is 2.33. The zero-order valence-corrected chi connectivity index (χ0v) is 27.3. The number of thiazole rings is 2. The lowest BCUT2D eigenvalue weighted by atomic mass is 10.2. The zero-order valence-electron chi connectivity index (χ0n) is 25.7. The van der Waals surface area contributed by atoms with Crippen LogP contribution in [0.5, 0.6) is 0 Å². The summed E-state index contributed by atoms with van der Waals surface area (Å²) in [6, 6.07) is 20.5. The van der Waals surface area contributed by atoms with Gasteiger partial charge >= 0.3 is 0 Å². The number of nitriles is 2. The molecular formula is C32H35N11S2. The maximum absolute atomic E-state index is 9.16. The molecule has 230 valence electrons. The Balaban J connectivity index is 0.000000179. The average Bonchev–Trinajstić information content (AvgIpc) is 3.66. The van der Waals surface area contributed by atoms with Gasteiger partial charge in [0.15, 0.2) is 10.3 Å². The lowest BCUT2D eigenvalue weighted by molar-refractivity contribution is 0.412. The Kier molecular flexibility index (Phi) is 10.4. The van der Waals surface area contributed by atoms with Crippen molar-refractivity contribution in [1.29, 1.82) is 10.5 Å². The molecule has 0 fully saturated rings. The predicted octanol–water partition coefficient (Wildman–Crippen LogP) is 5.25. The predicted molar refractivity (Wildman–Crippen MR) is 186 cm³/mol. The van der Waals surface area contributed by atoms with Crippen molar-refractivity contribution < 1.29 is 0 Å². The van der Waals surface area contributed by atoms with E-state index in [9.17, 15) is 0 Å². The number of nitrogens with zero attached hydrogens (tertiary/aromatic N) is 10. The summed E-state index contributed by atoms with van der Waals surface area (Å²) in [5.74, 6) is 1.55. The topological polar surface area (TPSA) is 123 Å². The highest BCUT2D eigenvalue weighted by Gasteiger charge is 2.29. The molecule has 2 aromatic heterocycles. The fourth-order valence-corrected chi connectivity index (χ4v) is 6.82. The number of aliphatic imine (C=N–C) groups is 2. The average molecular weight is 638 g/mol. The van der Waals surface area contributed by atoms with Crippen molar-refractivity contribution in [3.63, 3.8) is 0 Å². The van der Waals surface area contributed by atoms with Gasteiger partial charge in [-0.2, -0.15) is 10.5 Å². The summed E-state index contributed by atoms with van der Waals surface area (Å²) >= 11 is 3.24. The number of hydrogen-bond acceptors (Lipinski definition) is 13. The molecule has 0 amide bonds. The number of para-hydroxylation sites is 2. The molecule has 0 bridgehead atoms.